The van der Waals surface area contributed by atoms with Gasteiger partial charge in [-0.1, -0.05) is 13.8 Å². The molecular weight excluding hydrogens is 204 g/mol. The van der Waals surface area contributed by atoms with Gasteiger partial charge in [0.2, 0.25) is 0 Å². The maximum absolute atomic E-state index is 11.7. The number of phenolic OH excluding ortho intramolecular Hbond substituents is 1. The number of phenols is 1. The van der Waals surface area contributed by atoms with Crippen molar-refractivity contribution in [2.24, 2.45) is 5.92 Å². The topological polar surface area (TPSA) is 46.5 Å². The highest BCUT2D eigenvalue weighted by molar-refractivity contribution is 5.90. The van der Waals surface area contributed by atoms with Gasteiger partial charge in [0.05, 0.1) is 12.2 Å². The molecule has 16 heavy (non-hydrogen) atoms. The first-order chi connectivity index (χ1) is 7.41. The molecule has 1 rings (SSSR count). The van der Waals surface area contributed by atoms with Crippen LogP contribution < -0.4 is 0 Å². The SMILES string of the molecule is Cc1cc(C(=O)OCC(C)C)cc(C)c1O. The number of rotatable bonds is 3. The second kappa shape index (κ2) is 5.01. The number of carbonyl (C=O) groups is 1. The van der Waals surface area contributed by atoms with E-state index >= 15 is 0 Å². The quantitative estimate of drug-likeness (QED) is 0.800. The first-order valence-electron chi connectivity index (χ1n) is 5.39. The molecule has 0 fully saturated rings. The first-order valence-corrected chi connectivity index (χ1v) is 5.39. The van der Waals surface area contributed by atoms with E-state index < -0.39 is 0 Å². The molecule has 0 radical (unpaired) electrons. The normalized spacial score (nSPS) is 10.6. The number of ether oxygens (including phenoxy) is 1. The summed E-state index contributed by atoms with van der Waals surface area (Å²) < 4.78 is 5.12. The number of esters is 1. The van der Waals surface area contributed by atoms with Crippen LogP contribution in [0.3, 0.4) is 0 Å². The summed E-state index contributed by atoms with van der Waals surface area (Å²) in [4.78, 5) is 11.7. The van der Waals surface area contributed by atoms with Gasteiger partial charge in [-0.15, -0.1) is 0 Å². The molecular formula is C13H18O3. The van der Waals surface area contributed by atoms with E-state index in [1.165, 1.54) is 0 Å². The molecule has 3 nitrogen and oxygen atoms in total. The first kappa shape index (κ1) is 12.6. The second-order valence-corrected chi connectivity index (χ2v) is 4.45. The van der Waals surface area contributed by atoms with Gasteiger partial charge in [-0.2, -0.15) is 0 Å². The number of aryl methyl sites for hydroxylation is 2. The van der Waals surface area contributed by atoms with Gasteiger partial charge in [0, 0.05) is 0 Å². The smallest absolute Gasteiger partial charge is 0.338 e. The van der Waals surface area contributed by atoms with Crippen molar-refractivity contribution in [2.75, 3.05) is 6.61 Å². The lowest BCUT2D eigenvalue weighted by Crippen LogP contribution is -2.10. The average Bonchev–Trinajstić information content (AvgIpc) is 2.21. The molecule has 0 spiro atoms. The van der Waals surface area contributed by atoms with Gasteiger partial charge in [0.25, 0.3) is 0 Å². The Balaban J connectivity index is 2.84. The van der Waals surface area contributed by atoms with Crippen molar-refractivity contribution in [3.05, 3.63) is 28.8 Å². The Morgan fingerprint density at radius 1 is 1.31 bits per heavy atom. The van der Waals surface area contributed by atoms with Gasteiger partial charge in [0.15, 0.2) is 0 Å². The van der Waals surface area contributed by atoms with Crippen LogP contribution in [0, 0.1) is 19.8 Å². The number of carbonyl (C=O) groups excluding carboxylic acids is 1. The van der Waals surface area contributed by atoms with Crippen LogP contribution in [0.5, 0.6) is 5.75 Å². The Labute approximate surface area is 96.1 Å². The lowest BCUT2D eigenvalue weighted by molar-refractivity contribution is 0.0458. The molecule has 88 valence electrons. The fourth-order valence-corrected chi connectivity index (χ4v) is 1.40. The molecule has 0 unspecified atom stereocenters. The fourth-order valence-electron chi connectivity index (χ4n) is 1.40. The molecule has 0 aliphatic rings. The highest BCUT2D eigenvalue weighted by atomic mass is 16.5. The van der Waals surface area contributed by atoms with Crippen molar-refractivity contribution in [1.82, 2.24) is 0 Å². The van der Waals surface area contributed by atoms with Crippen molar-refractivity contribution in [2.45, 2.75) is 27.7 Å². The van der Waals surface area contributed by atoms with Gasteiger partial charge in [0.1, 0.15) is 5.75 Å². The van der Waals surface area contributed by atoms with Gasteiger partial charge in [-0.25, -0.2) is 4.79 Å². The molecule has 0 saturated heterocycles. The molecule has 1 aromatic carbocycles. The Bertz CT molecular complexity index is 371. The Hall–Kier alpha value is -1.51. The molecule has 1 aromatic rings. The van der Waals surface area contributed by atoms with Crippen molar-refractivity contribution in [3.8, 4) is 5.75 Å². The molecule has 0 heterocycles. The maximum atomic E-state index is 11.7. The molecule has 0 bridgehead atoms. The fraction of sp³-hybridized carbons (Fsp3) is 0.462. The van der Waals surface area contributed by atoms with Crippen LogP contribution in [0.4, 0.5) is 0 Å². The monoisotopic (exact) mass is 222 g/mol. The minimum Gasteiger partial charge on any atom is -0.507 e. The zero-order chi connectivity index (χ0) is 12.3. The van der Waals surface area contributed by atoms with E-state index in [-0.39, 0.29) is 11.7 Å². The zero-order valence-electron chi connectivity index (χ0n) is 10.2. The largest absolute Gasteiger partial charge is 0.507 e. The Morgan fingerprint density at radius 2 is 1.81 bits per heavy atom. The van der Waals surface area contributed by atoms with E-state index in [9.17, 15) is 9.90 Å². The summed E-state index contributed by atoms with van der Waals surface area (Å²) in [5.74, 6) is 0.226. The molecule has 0 saturated carbocycles. The van der Waals surface area contributed by atoms with Gasteiger partial charge >= 0.3 is 5.97 Å². The number of benzene rings is 1. The molecule has 0 aliphatic carbocycles. The number of aromatic hydroxyl groups is 1. The summed E-state index contributed by atoms with van der Waals surface area (Å²) in [6, 6.07) is 3.29. The van der Waals surface area contributed by atoms with Crippen LogP contribution in [-0.2, 0) is 4.74 Å². The van der Waals surface area contributed by atoms with Crippen molar-refractivity contribution in [3.63, 3.8) is 0 Å². The van der Waals surface area contributed by atoms with E-state index in [0.29, 0.717) is 29.2 Å². The number of hydrogen-bond acceptors (Lipinski definition) is 3. The van der Waals surface area contributed by atoms with E-state index in [1.807, 2.05) is 13.8 Å². The van der Waals surface area contributed by atoms with E-state index in [2.05, 4.69) is 0 Å². The minimum atomic E-state index is -0.333. The van der Waals surface area contributed by atoms with E-state index in [0.717, 1.165) is 0 Å². The third-order valence-electron chi connectivity index (χ3n) is 2.27. The predicted octanol–water partition coefficient (Wildman–Crippen LogP) is 2.82. The Kier molecular flexibility index (Phi) is 3.93. The molecule has 0 aliphatic heterocycles. The molecule has 3 heteroatoms. The van der Waals surface area contributed by atoms with Crippen LogP contribution in [0.25, 0.3) is 0 Å². The van der Waals surface area contributed by atoms with Crippen LogP contribution in [0.1, 0.15) is 35.3 Å². The lowest BCUT2D eigenvalue weighted by atomic mass is 10.1. The minimum absolute atomic E-state index is 0.236. The molecule has 0 atom stereocenters. The number of hydrogen-bond donors (Lipinski definition) is 1. The van der Waals surface area contributed by atoms with Crippen LogP contribution in [-0.4, -0.2) is 17.7 Å². The maximum Gasteiger partial charge on any atom is 0.338 e. The summed E-state index contributed by atoms with van der Waals surface area (Å²) in [6.45, 7) is 7.92. The van der Waals surface area contributed by atoms with Crippen LogP contribution in [0.2, 0.25) is 0 Å². The van der Waals surface area contributed by atoms with Gasteiger partial charge in [-0.05, 0) is 43.0 Å². The van der Waals surface area contributed by atoms with E-state index in [1.54, 1.807) is 26.0 Å². The average molecular weight is 222 g/mol. The van der Waals surface area contributed by atoms with Crippen molar-refractivity contribution < 1.29 is 14.6 Å². The zero-order valence-corrected chi connectivity index (χ0v) is 10.2. The third-order valence-corrected chi connectivity index (χ3v) is 2.27. The molecule has 0 aromatic heterocycles. The Morgan fingerprint density at radius 3 is 2.25 bits per heavy atom. The highest BCUT2D eigenvalue weighted by Crippen LogP contribution is 2.23. The third kappa shape index (κ3) is 2.99. The summed E-state index contributed by atoms with van der Waals surface area (Å²) >= 11 is 0. The predicted molar refractivity (Wildman–Crippen MR) is 62.7 cm³/mol. The van der Waals surface area contributed by atoms with E-state index in [4.69, 9.17) is 4.74 Å². The lowest BCUT2D eigenvalue weighted by Gasteiger charge is -2.09. The van der Waals surface area contributed by atoms with Crippen molar-refractivity contribution in [1.29, 1.82) is 0 Å². The standard InChI is InChI=1S/C13H18O3/c1-8(2)7-16-13(15)11-5-9(3)12(14)10(4)6-11/h5-6,8,14H,7H2,1-4H3. The van der Waals surface area contributed by atoms with Gasteiger partial charge in [-0.3, -0.25) is 0 Å². The van der Waals surface area contributed by atoms with Crippen molar-refractivity contribution >= 4 is 5.97 Å². The highest BCUT2D eigenvalue weighted by Gasteiger charge is 2.11. The summed E-state index contributed by atoms with van der Waals surface area (Å²) in [5, 5.41) is 9.58. The summed E-state index contributed by atoms with van der Waals surface area (Å²) in [6.07, 6.45) is 0. The second-order valence-electron chi connectivity index (χ2n) is 4.45. The van der Waals surface area contributed by atoms with Crippen LogP contribution in [0.15, 0.2) is 12.1 Å². The molecule has 1 N–H and O–H groups in total. The summed E-state index contributed by atoms with van der Waals surface area (Å²) in [7, 11) is 0. The summed E-state index contributed by atoms with van der Waals surface area (Å²) in [5.41, 5.74) is 1.88. The van der Waals surface area contributed by atoms with Gasteiger partial charge < -0.3 is 9.84 Å². The van der Waals surface area contributed by atoms with Crippen LogP contribution >= 0.6 is 0 Å². The molecule has 0 amide bonds.